The summed E-state index contributed by atoms with van der Waals surface area (Å²) in [6.45, 7) is 0.781. The molecule has 0 aliphatic heterocycles. The zero-order valence-corrected chi connectivity index (χ0v) is 14.1. The Labute approximate surface area is 139 Å². The molecule has 7 heteroatoms. The summed E-state index contributed by atoms with van der Waals surface area (Å²) in [4.78, 5) is 39.9. The highest BCUT2D eigenvalue weighted by Crippen LogP contribution is 2.17. The van der Waals surface area contributed by atoms with Crippen LogP contribution in [0, 0.1) is 0 Å². The number of aromatic amines is 1. The van der Waals surface area contributed by atoms with Crippen molar-refractivity contribution in [3.8, 4) is 0 Å². The highest BCUT2D eigenvalue weighted by atomic mass is 16.2. The molecule has 7 nitrogen and oxygen atoms in total. The van der Waals surface area contributed by atoms with E-state index in [1.165, 1.54) is 17.8 Å². The van der Waals surface area contributed by atoms with Crippen molar-refractivity contribution in [2.45, 2.75) is 12.5 Å². The number of amides is 1. The second kappa shape index (κ2) is 7.74. The molecule has 0 aliphatic rings. The van der Waals surface area contributed by atoms with E-state index in [4.69, 9.17) is 0 Å². The predicted octanol–water partition coefficient (Wildman–Crippen LogP) is 0.496. The molecular weight excluding hydrogens is 308 g/mol. The third kappa shape index (κ3) is 4.42. The SMILES string of the molecule is CN(C)CC[C@H](NC(=O)c1cn(C)c(=O)[nH]c1=O)c1ccccc1. The molecule has 2 rings (SSSR count). The van der Waals surface area contributed by atoms with E-state index in [9.17, 15) is 14.4 Å². The maximum atomic E-state index is 12.5. The molecule has 0 saturated heterocycles. The van der Waals surface area contributed by atoms with E-state index >= 15 is 0 Å². The Kier molecular flexibility index (Phi) is 5.70. The number of carbonyl (C=O) groups is 1. The second-order valence-electron chi connectivity index (χ2n) is 5.94. The van der Waals surface area contributed by atoms with Gasteiger partial charge >= 0.3 is 5.69 Å². The van der Waals surface area contributed by atoms with Crippen LogP contribution in [0.25, 0.3) is 0 Å². The molecule has 0 radical (unpaired) electrons. The maximum absolute atomic E-state index is 12.5. The van der Waals surface area contributed by atoms with Crippen molar-refractivity contribution < 1.29 is 4.79 Å². The number of hydrogen-bond acceptors (Lipinski definition) is 4. The van der Waals surface area contributed by atoms with Crippen LogP contribution in [-0.4, -0.2) is 41.0 Å². The van der Waals surface area contributed by atoms with Crippen LogP contribution in [0.2, 0.25) is 0 Å². The molecule has 0 spiro atoms. The zero-order valence-electron chi connectivity index (χ0n) is 14.1. The van der Waals surface area contributed by atoms with Gasteiger partial charge in [0, 0.05) is 13.2 Å². The first-order chi connectivity index (χ1) is 11.4. The number of hydrogen-bond donors (Lipinski definition) is 2. The predicted molar refractivity (Wildman–Crippen MR) is 92.1 cm³/mol. The van der Waals surface area contributed by atoms with Gasteiger partial charge in [-0.05, 0) is 32.6 Å². The van der Waals surface area contributed by atoms with Crippen molar-refractivity contribution in [1.82, 2.24) is 19.8 Å². The molecule has 1 amide bonds. The van der Waals surface area contributed by atoms with Gasteiger partial charge in [-0.25, -0.2) is 4.79 Å². The van der Waals surface area contributed by atoms with E-state index < -0.39 is 17.2 Å². The monoisotopic (exact) mass is 330 g/mol. The minimum Gasteiger partial charge on any atom is -0.345 e. The van der Waals surface area contributed by atoms with Gasteiger partial charge in [0.25, 0.3) is 11.5 Å². The van der Waals surface area contributed by atoms with Crippen LogP contribution in [0.3, 0.4) is 0 Å². The smallest absolute Gasteiger partial charge is 0.328 e. The van der Waals surface area contributed by atoms with Gasteiger partial charge in [-0.15, -0.1) is 0 Å². The van der Waals surface area contributed by atoms with Crippen LogP contribution in [0.4, 0.5) is 0 Å². The van der Waals surface area contributed by atoms with E-state index in [2.05, 4.69) is 10.3 Å². The molecule has 0 saturated carbocycles. The van der Waals surface area contributed by atoms with Gasteiger partial charge in [0.05, 0.1) is 6.04 Å². The summed E-state index contributed by atoms with van der Waals surface area (Å²) in [6, 6.07) is 9.37. The van der Waals surface area contributed by atoms with Crippen LogP contribution in [-0.2, 0) is 7.05 Å². The molecule has 1 heterocycles. The van der Waals surface area contributed by atoms with Gasteiger partial charge in [0.1, 0.15) is 5.56 Å². The number of H-pyrrole nitrogens is 1. The average molecular weight is 330 g/mol. The summed E-state index contributed by atoms with van der Waals surface area (Å²) in [5, 5.41) is 2.89. The molecule has 0 bridgehead atoms. The average Bonchev–Trinajstić information content (AvgIpc) is 2.55. The first-order valence-electron chi connectivity index (χ1n) is 7.69. The minimum absolute atomic E-state index is 0.0807. The summed E-state index contributed by atoms with van der Waals surface area (Å²) in [5.74, 6) is -0.501. The van der Waals surface area contributed by atoms with E-state index in [0.717, 1.165) is 12.1 Å². The summed E-state index contributed by atoms with van der Waals surface area (Å²) in [7, 11) is 5.40. The standard InChI is InChI=1S/C17H22N4O3/c1-20(2)10-9-14(12-7-5-4-6-8-12)18-15(22)13-11-21(3)17(24)19-16(13)23/h4-8,11,14H,9-10H2,1-3H3,(H,18,22)(H,19,23,24)/t14-/m0/s1. The quantitative estimate of drug-likeness (QED) is 0.807. The van der Waals surface area contributed by atoms with Crippen LogP contribution in [0.15, 0.2) is 46.1 Å². The molecular formula is C17H22N4O3. The summed E-state index contributed by atoms with van der Waals surface area (Å²) >= 11 is 0. The highest BCUT2D eigenvalue weighted by molar-refractivity contribution is 5.93. The van der Waals surface area contributed by atoms with Gasteiger partial charge in [-0.1, -0.05) is 30.3 Å². The molecule has 1 aromatic carbocycles. The van der Waals surface area contributed by atoms with Crippen LogP contribution >= 0.6 is 0 Å². The van der Waals surface area contributed by atoms with E-state index in [-0.39, 0.29) is 11.6 Å². The fourth-order valence-corrected chi connectivity index (χ4v) is 2.36. The molecule has 0 fully saturated rings. The van der Waals surface area contributed by atoms with Gasteiger partial charge < -0.3 is 14.8 Å². The summed E-state index contributed by atoms with van der Waals surface area (Å²) in [5.41, 5.74) is -0.351. The van der Waals surface area contributed by atoms with E-state index in [0.29, 0.717) is 6.42 Å². The first-order valence-corrected chi connectivity index (χ1v) is 7.69. The molecule has 2 aromatic rings. The van der Waals surface area contributed by atoms with Crippen molar-refractivity contribution in [3.05, 3.63) is 68.5 Å². The molecule has 0 aliphatic carbocycles. The lowest BCUT2D eigenvalue weighted by Gasteiger charge is -2.21. The number of aromatic nitrogens is 2. The minimum atomic E-state index is -0.685. The van der Waals surface area contributed by atoms with Crippen molar-refractivity contribution in [2.24, 2.45) is 7.05 Å². The molecule has 2 N–H and O–H groups in total. The van der Waals surface area contributed by atoms with Crippen molar-refractivity contribution in [1.29, 1.82) is 0 Å². The fourth-order valence-electron chi connectivity index (χ4n) is 2.36. The topological polar surface area (TPSA) is 87.2 Å². The molecule has 1 atom stereocenters. The first kappa shape index (κ1) is 17.7. The van der Waals surface area contributed by atoms with Crippen LogP contribution in [0.1, 0.15) is 28.4 Å². The number of nitrogens with one attached hydrogen (secondary N) is 2. The van der Waals surface area contributed by atoms with Crippen LogP contribution < -0.4 is 16.6 Å². The Balaban J connectivity index is 2.26. The highest BCUT2D eigenvalue weighted by Gasteiger charge is 2.18. The summed E-state index contributed by atoms with van der Waals surface area (Å²) < 4.78 is 1.17. The van der Waals surface area contributed by atoms with Crippen molar-refractivity contribution in [3.63, 3.8) is 0 Å². The largest absolute Gasteiger partial charge is 0.345 e. The number of benzene rings is 1. The number of aryl methyl sites for hydroxylation is 1. The van der Waals surface area contributed by atoms with Gasteiger partial charge in [-0.3, -0.25) is 14.6 Å². The van der Waals surface area contributed by atoms with E-state index in [1.807, 2.05) is 49.3 Å². The summed E-state index contributed by atoms with van der Waals surface area (Å²) in [6.07, 6.45) is 1.96. The Morgan fingerprint density at radius 3 is 2.54 bits per heavy atom. The fraction of sp³-hybridized carbons (Fsp3) is 0.353. The van der Waals surface area contributed by atoms with Gasteiger partial charge in [0.2, 0.25) is 0 Å². The lowest BCUT2D eigenvalue weighted by molar-refractivity contribution is 0.0930. The van der Waals surface area contributed by atoms with Gasteiger partial charge in [-0.2, -0.15) is 0 Å². The number of carbonyl (C=O) groups excluding carboxylic acids is 1. The Hall–Kier alpha value is -2.67. The maximum Gasteiger partial charge on any atom is 0.328 e. The molecule has 1 aromatic heterocycles. The number of rotatable bonds is 6. The Morgan fingerprint density at radius 1 is 1.25 bits per heavy atom. The molecule has 128 valence electrons. The molecule has 0 unspecified atom stereocenters. The normalized spacial score (nSPS) is 12.2. The zero-order chi connectivity index (χ0) is 17.7. The Morgan fingerprint density at radius 2 is 1.92 bits per heavy atom. The lowest BCUT2D eigenvalue weighted by atomic mass is 10.0. The lowest BCUT2D eigenvalue weighted by Crippen LogP contribution is -2.38. The van der Waals surface area contributed by atoms with Crippen molar-refractivity contribution >= 4 is 5.91 Å². The molecule has 24 heavy (non-hydrogen) atoms. The van der Waals surface area contributed by atoms with Gasteiger partial charge in [0.15, 0.2) is 0 Å². The third-order valence-corrected chi connectivity index (χ3v) is 3.73. The van der Waals surface area contributed by atoms with Crippen molar-refractivity contribution in [2.75, 3.05) is 20.6 Å². The van der Waals surface area contributed by atoms with Crippen LogP contribution in [0.5, 0.6) is 0 Å². The second-order valence-corrected chi connectivity index (χ2v) is 5.94. The van der Waals surface area contributed by atoms with E-state index in [1.54, 1.807) is 0 Å². The third-order valence-electron chi connectivity index (χ3n) is 3.73. The Bertz CT molecular complexity index is 809. The number of nitrogens with zero attached hydrogens (tertiary/aromatic N) is 2.